The molecule has 0 aromatic carbocycles. The van der Waals surface area contributed by atoms with E-state index in [1.165, 1.54) is 0 Å². The number of aliphatic hydroxyl groups excluding tert-OH is 1. The largest absolute Gasteiger partial charge is 0.396 e. The lowest BCUT2D eigenvalue weighted by Crippen LogP contribution is -1.99. The highest BCUT2D eigenvalue weighted by atomic mass is 32.1. The van der Waals surface area contributed by atoms with Crippen LogP contribution in [0.15, 0.2) is 5.38 Å². The molecule has 0 aliphatic carbocycles. The van der Waals surface area contributed by atoms with E-state index in [1.807, 2.05) is 19.2 Å². The van der Waals surface area contributed by atoms with Crippen LogP contribution in [0.4, 0.5) is 0 Å². The summed E-state index contributed by atoms with van der Waals surface area (Å²) in [7, 11) is 0. The normalized spacial score (nSPS) is 10.9. The molecule has 0 saturated carbocycles. The van der Waals surface area contributed by atoms with Gasteiger partial charge in [0.2, 0.25) is 5.13 Å². The summed E-state index contributed by atoms with van der Waals surface area (Å²) in [6.45, 7) is 4.12. The van der Waals surface area contributed by atoms with Crippen LogP contribution in [0.3, 0.4) is 0 Å². The molecule has 5 nitrogen and oxygen atoms in total. The van der Waals surface area contributed by atoms with Gasteiger partial charge in [0.15, 0.2) is 0 Å². The van der Waals surface area contributed by atoms with Crippen LogP contribution in [0.25, 0.3) is 5.13 Å². The number of thiazole rings is 1. The molecule has 0 amide bonds. The van der Waals surface area contributed by atoms with E-state index >= 15 is 0 Å². The summed E-state index contributed by atoms with van der Waals surface area (Å²) in [5, 5.41) is 19.8. The van der Waals surface area contributed by atoms with Crippen molar-refractivity contribution >= 4 is 11.3 Å². The molecule has 16 heavy (non-hydrogen) atoms. The first kappa shape index (κ1) is 11.2. The van der Waals surface area contributed by atoms with Crippen LogP contribution in [0.2, 0.25) is 0 Å². The molecule has 0 bridgehead atoms. The molecule has 0 unspecified atom stereocenters. The first-order chi connectivity index (χ1) is 7.72. The first-order valence-corrected chi connectivity index (χ1v) is 6.05. The van der Waals surface area contributed by atoms with Crippen LogP contribution in [-0.4, -0.2) is 31.7 Å². The Morgan fingerprint density at radius 1 is 1.44 bits per heavy atom. The van der Waals surface area contributed by atoms with E-state index in [2.05, 4.69) is 15.3 Å². The van der Waals surface area contributed by atoms with Gasteiger partial charge in [0, 0.05) is 12.0 Å². The van der Waals surface area contributed by atoms with Gasteiger partial charge in [-0.2, -0.15) is 4.68 Å². The van der Waals surface area contributed by atoms with Crippen molar-refractivity contribution in [2.24, 2.45) is 0 Å². The fourth-order valence-corrected chi connectivity index (χ4v) is 2.26. The van der Waals surface area contributed by atoms with Crippen molar-refractivity contribution in [2.45, 2.75) is 26.7 Å². The number of hydrogen-bond donors (Lipinski definition) is 1. The maximum Gasteiger partial charge on any atom is 0.212 e. The fourth-order valence-electron chi connectivity index (χ4n) is 1.46. The van der Waals surface area contributed by atoms with Gasteiger partial charge in [-0.1, -0.05) is 5.21 Å². The van der Waals surface area contributed by atoms with E-state index < -0.39 is 0 Å². The summed E-state index contributed by atoms with van der Waals surface area (Å²) >= 11 is 1.55. The van der Waals surface area contributed by atoms with E-state index in [-0.39, 0.29) is 6.61 Å². The van der Waals surface area contributed by atoms with Crippen molar-refractivity contribution < 1.29 is 5.11 Å². The molecule has 86 valence electrons. The summed E-state index contributed by atoms with van der Waals surface area (Å²) in [6, 6.07) is 0. The standard InChI is InChI=1S/C10H14N4OS/c1-7-6-16-10(11-7)14-8(2)9(12-13-14)4-3-5-15/h6,15H,3-5H2,1-2H3. The maximum atomic E-state index is 8.78. The number of aryl methyl sites for hydroxylation is 2. The lowest BCUT2D eigenvalue weighted by atomic mass is 10.2. The third kappa shape index (κ3) is 2.12. The minimum atomic E-state index is 0.183. The van der Waals surface area contributed by atoms with Crippen molar-refractivity contribution in [3.8, 4) is 5.13 Å². The second kappa shape index (κ2) is 4.71. The Labute approximate surface area is 97.8 Å². The zero-order valence-corrected chi connectivity index (χ0v) is 10.2. The Hall–Kier alpha value is -1.27. The summed E-state index contributed by atoms with van der Waals surface area (Å²) in [5.74, 6) is 0. The Balaban J connectivity index is 2.26. The lowest BCUT2D eigenvalue weighted by molar-refractivity contribution is 0.288. The number of hydrogen-bond acceptors (Lipinski definition) is 5. The minimum Gasteiger partial charge on any atom is -0.396 e. The van der Waals surface area contributed by atoms with Crippen molar-refractivity contribution in [1.29, 1.82) is 0 Å². The number of rotatable bonds is 4. The van der Waals surface area contributed by atoms with Crippen LogP contribution in [0, 0.1) is 13.8 Å². The van der Waals surface area contributed by atoms with E-state index in [1.54, 1.807) is 16.0 Å². The van der Waals surface area contributed by atoms with Crippen molar-refractivity contribution in [2.75, 3.05) is 6.61 Å². The molecule has 2 rings (SSSR count). The summed E-state index contributed by atoms with van der Waals surface area (Å²) < 4.78 is 1.75. The summed E-state index contributed by atoms with van der Waals surface area (Å²) in [4.78, 5) is 4.36. The molecule has 2 heterocycles. The highest BCUT2D eigenvalue weighted by Gasteiger charge is 2.11. The van der Waals surface area contributed by atoms with E-state index in [4.69, 9.17) is 5.11 Å². The Kier molecular flexibility index (Phi) is 3.31. The summed E-state index contributed by atoms with van der Waals surface area (Å²) in [6.07, 6.45) is 1.48. The Morgan fingerprint density at radius 3 is 2.88 bits per heavy atom. The maximum absolute atomic E-state index is 8.78. The van der Waals surface area contributed by atoms with Crippen LogP contribution in [-0.2, 0) is 6.42 Å². The quantitative estimate of drug-likeness (QED) is 0.871. The van der Waals surface area contributed by atoms with Crippen LogP contribution >= 0.6 is 11.3 Å². The van der Waals surface area contributed by atoms with Crippen molar-refractivity contribution in [3.05, 3.63) is 22.5 Å². The summed E-state index contributed by atoms with van der Waals surface area (Å²) in [5.41, 5.74) is 2.93. The molecule has 0 radical (unpaired) electrons. The van der Waals surface area contributed by atoms with Gasteiger partial charge in [-0.25, -0.2) is 4.98 Å². The first-order valence-electron chi connectivity index (χ1n) is 5.17. The molecule has 0 spiro atoms. The third-order valence-electron chi connectivity index (χ3n) is 2.35. The monoisotopic (exact) mass is 238 g/mol. The molecule has 0 aliphatic heterocycles. The lowest BCUT2D eigenvalue weighted by Gasteiger charge is -1.98. The van der Waals surface area contributed by atoms with Gasteiger partial charge in [-0.05, 0) is 26.7 Å². The second-order valence-electron chi connectivity index (χ2n) is 3.63. The zero-order valence-electron chi connectivity index (χ0n) is 9.34. The van der Waals surface area contributed by atoms with Gasteiger partial charge in [0.05, 0.1) is 17.1 Å². The van der Waals surface area contributed by atoms with Gasteiger partial charge in [-0.3, -0.25) is 0 Å². The predicted molar refractivity (Wildman–Crippen MR) is 61.9 cm³/mol. The predicted octanol–water partition coefficient (Wildman–Crippen LogP) is 1.27. The highest BCUT2D eigenvalue weighted by molar-refractivity contribution is 7.12. The number of aliphatic hydroxyl groups is 1. The Bertz CT molecular complexity index is 477. The number of aromatic nitrogens is 4. The highest BCUT2D eigenvalue weighted by Crippen LogP contribution is 2.17. The average molecular weight is 238 g/mol. The van der Waals surface area contributed by atoms with Crippen molar-refractivity contribution in [1.82, 2.24) is 20.0 Å². The number of nitrogens with zero attached hydrogens (tertiary/aromatic N) is 4. The fraction of sp³-hybridized carbons (Fsp3) is 0.500. The third-order valence-corrected chi connectivity index (χ3v) is 3.28. The molecule has 0 saturated heterocycles. The molecule has 2 aromatic heterocycles. The van der Waals surface area contributed by atoms with Crippen LogP contribution in [0.1, 0.15) is 23.5 Å². The Morgan fingerprint density at radius 2 is 2.25 bits per heavy atom. The molecule has 0 fully saturated rings. The van der Waals surface area contributed by atoms with E-state index in [9.17, 15) is 0 Å². The molecule has 2 aromatic rings. The molecule has 0 aliphatic rings. The van der Waals surface area contributed by atoms with Gasteiger partial charge >= 0.3 is 0 Å². The minimum absolute atomic E-state index is 0.183. The van der Waals surface area contributed by atoms with E-state index in [0.717, 1.165) is 35.1 Å². The van der Waals surface area contributed by atoms with Gasteiger partial charge in [0.1, 0.15) is 0 Å². The smallest absolute Gasteiger partial charge is 0.212 e. The average Bonchev–Trinajstić information content (AvgIpc) is 2.83. The molecule has 1 N–H and O–H groups in total. The van der Waals surface area contributed by atoms with E-state index in [0.29, 0.717) is 0 Å². The zero-order chi connectivity index (χ0) is 11.5. The molecular weight excluding hydrogens is 224 g/mol. The molecular formula is C10H14N4OS. The van der Waals surface area contributed by atoms with Crippen molar-refractivity contribution in [3.63, 3.8) is 0 Å². The van der Waals surface area contributed by atoms with Gasteiger partial charge in [-0.15, -0.1) is 16.4 Å². The SMILES string of the molecule is Cc1csc(-n2nnc(CCCO)c2C)n1. The van der Waals surface area contributed by atoms with Crippen LogP contribution in [0.5, 0.6) is 0 Å². The van der Waals surface area contributed by atoms with Gasteiger partial charge < -0.3 is 5.11 Å². The van der Waals surface area contributed by atoms with Crippen LogP contribution < -0.4 is 0 Å². The molecule has 0 atom stereocenters. The van der Waals surface area contributed by atoms with Gasteiger partial charge in [0.25, 0.3) is 0 Å². The topological polar surface area (TPSA) is 63.8 Å². The molecule has 6 heteroatoms. The second-order valence-corrected chi connectivity index (χ2v) is 4.47.